The number of aliphatic carboxylic acids is 2. The van der Waals surface area contributed by atoms with Crippen LogP contribution in [0.1, 0.15) is 25.7 Å². The molecule has 0 aromatic carbocycles. The van der Waals surface area contributed by atoms with E-state index in [0.29, 0.717) is 52.1 Å². The summed E-state index contributed by atoms with van der Waals surface area (Å²) in [4.78, 5) is 22.9. The molecule has 0 saturated carbocycles. The van der Waals surface area contributed by atoms with Gasteiger partial charge in [0.1, 0.15) is 12.1 Å². The van der Waals surface area contributed by atoms with Crippen LogP contribution in [-0.4, -0.2) is 67.3 Å². The SMILES string of the molecule is O=C(O)C(NCNC(C(=O)O)C1CCOCC1)C1CCOCC1. The highest BCUT2D eigenvalue weighted by Gasteiger charge is 2.32. The summed E-state index contributed by atoms with van der Waals surface area (Å²) in [6.07, 6.45) is 2.80. The van der Waals surface area contributed by atoms with Gasteiger partial charge >= 0.3 is 11.9 Å². The first-order valence-corrected chi connectivity index (χ1v) is 8.17. The number of carboxylic acids is 2. The second-order valence-electron chi connectivity index (χ2n) is 6.12. The van der Waals surface area contributed by atoms with Crippen molar-refractivity contribution in [3.05, 3.63) is 0 Å². The zero-order chi connectivity index (χ0) is 16.7. The van der Waals surface area contributed by atoms with Crippen LogP contribution in [0.4, 0.5) is 0 Å². The van der Waals surface area contributed by atoms with Gasteiger partial charge in [-0.15, -0.1) is 0 Å². The van der Waals surface area contributed by atoms with Gasteiger partial charge in [0.25, 0.3) is 0 Å². The van der Waals surface area contributed by atoms with Gasteiger partial charge in [-0.25, -0.2) is 0 Å². The van der Waals surface area contributed by atoms with E-state index < -0.39 is 24.0 Å². The Morgan fingerprint density at radius 2 is 1.17 bits per heavy atom. The molecular weight excluding hydrogens is 304 g/mol. The zero-order valence-corrected chi connectivity index (χ0v) is 13.2. The fourth-order valence-corrected chi connectivity index (χ4v) is 3.29. The van der Waals surface area contributed by atoms with Crippen LogP contribution in [0.5, 0.6) is 0 Å². The molecule has 0 aromatic heterocycles. The fourth-order valence-electron chi connectivity index (χ4n) is 3.29. The number of hydrogen-bond acceptors (Lipinski definition) is 6. The number of nitrogens with one attached hydrogen (secondary N) is 2. The van der Waals surface area contributed by atoms with Gasteiger partial charge in [0.15, 0.2) is 0 Å². The molecule has 4 N–H and O–H groups in total. The molecule has 0 amide bonds. The van der Waals surface area contributed by atoms with Gasteiger partial charge in [-0.2, -0.15) is 0 Å². The molecule has 0 spiro atoms. The lowest BCUT2D eigenvalue weighted by Crippen LogP contribution is -2.53. The van der Waals surface area contributed by atoms with E-state index in [1.165, 1.54) is 0 Å². The number of hydrogen-bond donors (Lipinski definition) is 4. The van der Waals surface area contributed by atoms with Crippen LogP contribution in [0.15, 0.2) is 0 Å². The quantitative estimate of drug-likeness (QED) is 0.455. The predicted octanol–water partition coefficient (Wildman–Crippen LogP) is -0.117. The second-order valence-corrected chi connectivity index (χ2v) is 6.12. The van der Waals surface area contributed by atoms with Crippen LogP contribution in [0, 0.1) is 11.8 Å². The highest BCUT2D eigenvalue weighted by atomic mass is 16.5. The average Bonchev–Trinajstić information content (AvgIpc) is 2.56. The molecule has 0 aliphatic carbocycles. The minimum Gasteiger partial charge on any atom is -0.480 e. The summed E-state index contributed by atoms with van der Waals surface area (Å²) in [5.74, 6) is -1.79. The van der Waals surface area contributed by atoms with Crippen LogP contribution < -0.4 is 10.6 Å². The van der Waals surface area contributed by atoms with E-state index in [9.17, 15) is 19.8 Å². The minimum absolute atomic E-state index is 0.00871. The molecule has 2 aliphatic rings. The minimum atomic E-state index is -0.906. The summed E-state index contributed by atoms with van der Waals surface area (Å²) >= 11 is 0. The largest absolute Gasteiger partial charge is 0.480 e. The third-order valence-corrected chi connectivity index (χ3v) is 4.65. The molecule has 2 fully saturated rings. The summed E-state index contributed by atoms with van der Waals surface area (Å²) in [6.45, 7) is 2.45. The zero-order valence-electron chi connectivity index (χ0n) is 13.2. The maximum atomic E-state index is 11.4. The fraction of sp³-hybridized carbons (Fsp3) is 0.867. The smallest absolute Gasteiger partial charge is 0.321 e. The monoisotopic (exact) mass is 330 g/mol. The molecule has 2 unspecified atom stereocenters. The van der Waals surface area contributed by atoms with Gasteiger partial charge < -0.3 is 19.7 Å². The van der Waals surface area contributed by atoms with Gasteiger partial charge in [-0.05, 0) is 37.5 Å². The van der Waals surface area contributed by atoms with Crippen molar-refractivity contribution in [3.8, 4) is 0 Å². The molecule has 8 nitrogen and oxygen atoms in total. The summed E-state index contributed by atoms with van der Waals surface area (Å²) in [5, 5.41) is 24.7. The molecule has 2 atom stereocenters. The molecule has 2 aliphatic heterocycles. The Hall–Kier alpha value is -1.22. The molecule has 2 saturated heterocycles. The summed E-state index contributed by atoms with van der Waals surface area (Å²) < 4.78 is 10.5. The molecular formula is C15H26N2O6. The van der Waals surface area contributed by atoms with E-state index in [4.69, 9.17) is 9.47 Å². The second kappa shape index (κ2) is 9.17. The lowest BCUT2D eigenvalue weighted by Gasteiger charge is -2.31. The van der Waals surface area contributed by atoms with Crippen LogP contribution in [0.2, 0.25) is 0 Å². The van der Waals surface area contributed by atoms with Gasteiger partial charge in [0, 0.05) is 33.1 Å². The van der Waals surface area contributed by atoms with Crippen LogP contribution >= 0.6 is 0 Å². The first kappa shape index (κ1) is 18.1. The Labute approximate surface area is 135 Å². The van der Waals surface area contributed by atoms with E-state index in [-0.39, 0.29) is 18.5 Å². The van der Waals surface area contributed by atoms with Gasteiger partial charge in [-0.1, -0.05) is 0 Å². The Morgan fingerprint density at radius 3 is 1.48 bits per heavy atom. The highest BCUT2D eigenvalue weighted by Crippen LogP contribution is 2.20. The Kier molecular flexibility index (Phi) is 7.22. The van der Waals surface area contributed by atoms with Crippen molar-refractivity contribution < 1.29 is 29.3 Å². The number of carboxylic acid groups (broad SMARTS) is 2. The van der Waals surface area contributed by atoms with Gasteiger partial charge in [-0.3, -0.25) is 20.2 Å². The number of carbonyl (C=O) groups is 2. The maximum absolute atomic E-state index is 11.4. The number of ether oxygens (including phenoxy) is 2. The molecule has 23 heavy (non-hydrogen) atoms. The third kappa shape index (κ3) is 5.42. The third-order valence-electron chi connectivity index (χ3n) is 4.65. The van der Waals surface area contributed by atoms with Crippen molar-refractivity contribution in [2.75, 3.05) is 33.1 Å². The van der Waals surface area contributed by atoms with Crippen molar-refractivity contribution in [1.29, 1.82) is 0 Å². The normalized spacial score (nSPS) is 23.3. The highest BCUT2D eigenvalue weighted by molar-refractivity contribution is 5.74. The lowest BCUT2D eigenvalue weighted by atomic mass is 9.91. The summed E-state index contributed by atoms with van der Waals surface area (Å²) in [5.41, 5.74) is 0. The van der Waals surface area contributed by atoms with Gasteiger partial charge in [0.2, 0.25) is 0 Å². The molecule has 0 radical (unpaired) electrons. The van der Waals surface area contributed by atoms with Crippen LogP contribution in [-0.2, 0) is 19.1 Å². The average molecular weight is 330 g/mol. The predicted molar refractivity (Wildman–Crippen MR) is 81.1 cm³/mol. The summed E-state index contributed by atoms with van der Waals surface area (Å²) in [6, 6.07) is -1.37. The first-order chi connectivity index (χ1) is 11.1. The Bertz CT molecular complexity index is 357. The van der Waals surface area contributed by atoms with Crippen molar-refractivity contribution >= 4 is 11.9 Å². The standard InChI is InChI=1S/C15H26N2O6/c18-14(19)12(10-1-5-22-6-2-10)16-9-17-13(15(20)21)11-3-7-23-8-4-11/h10-13,16-17H,1-9H2,(H,18,19)(H,20,21). The van der Waals surface area contributed by atoms with Gasteiger partial charge in [0.05, 0.1) is 0 Å². The molecule has 8 heteroatoms. The summed E-state index contributed by atoms with van der Waals surface area (Å²) in [7, 11) is 0. The first-order valence-electron chi connectivity index (χ1n) is 8.17. The Balaban J connectivity index is 1.83. The van der Waals surface area contributed by atoms with E-state index in [1.54, 1.807) is 0 Å². The molecule has 132 valence electrons. The van der Waals surface area contributed by atoms with Crippen molar-refractivity contribution in [1.82, 2.24) is 10.6 Å². The van der Waals surface area contributed by atoms with Crippen LogP contribution in [0.3, 0.4) is 0 Å². The van der Waals surface area contributed by atoms with Crippen molar-refractivity contribution in [2.45, 2.75) is 37.8 Å². The van der Waals surface area contributed by atoms with Crippen LogP contribution in [0.25, 0.3) is 0 Å². The van der Waals surface area contributed by atoms with E-state index >= 15 is 0 Å². The molecule has 0 bridgehead atoms. The van der Waals surface area contributed by atoms with E-state index in [2.05, 4.69) is 10.6 Å². The van der Waals surface area contributed by atoms with Crippen molar-refractivity contribution in [3.63, 3.8) is 0 Å². The molecule has 0 aromatic rings. The van der Waals surface area contributed by atoms with Crippen molar-refractivity contribution in [2.24, 2.45) is 11.8 Å². The maximum Gasteiger partial charge on any atom is 0.321 e. The molecule has 2 rings (SSSR count). The van der Waals surface area contributed by atoms with E-state index in [0.717, 1.165) is 0 Å². The van der Waals surface area contributed by atoms with E-state index in [1.807, 2.05) is 0 Å². The molecule has 2 heterocycles. The Morgan fingerprint density at radius 1 is 0.826 bits per heavy atom. The topological polar surface area (TPSA) is 117 Å². The number of rotatable bonds is 8. The lowest BCUT2D eigenvalue weighted by molar-refractivity contribution is -0.142.